The Morgan fingerprint density at radius 1 is 0.818 bits per heavy atom. The van der Waals surface area contributed by atoms with Crippen molar-refractivity contribution in [2.45, 2.75) is 0 Å². The van der Waals surface area contributed by atoms with Gasteiger partial charge in [-0.25, -0.2) is 9.97 Å². The van der Waals surface area contributed by atoms with Crippen LogP contribution in [0.5, 0.6) is 0 Å². The average Bonchev–Trinajstić information content (AvgIpc) is 3.85. The van der Waals surface area contributed by atoms with E-state index in [1.54, 1.807) is 39.8 Å². The molecule has 1 saturated heterocycles. The predicted octanol–water partition coefficient (Wildman–Crippen LogP) is 4.18. The molecule has 0 aliphatic carbocycles. The van der Waals surface area contributed by atoms with Crippen LogP contribution in [0, 0.1) is 0 Å². The lowest BCUT2D eigenvalue weighted by atomic mass is 10.1. The molecule has 1 aliphatic rings. The molecule has 0 saturated carbocycles. The van der Waals surface area contributed by atoms with Crippen LogP contribution in [0.3, 0.4) is 0 Å². The number of fused-ring (bicyclic) bond motifs is 1. The van der Waals surface area contributed by atoms with Crippen LogP contribution in [0.25, 0.3) is 17.0 Å². The maximum absolute atomic E-state index is 12.5. The molecule has 0 bridgehead atoms. The Kier molecular flexibility index (Phi) is 9.02. The fraction of sp³-hybridized carbons (Fsp3) is 0.148. The van der Waals surface area contributed by atoms with Crippen LogP contribution in [0.4, 0.5) is 16.0 Å². The van der Waals surface area contributed by atoms with Crippen molar-refractivity contribution in [3.05, 3.63) is 88.2 Å². The second kappa shape index (κ2) is 13.6. The van der Waals surface area contributed by atoms with Crippen LogP contribution in [0.1, 0.15) is 21.0 Å². The minimum Gasteiger partial charge on any atom is -0.378 e. The van der Waals surface area contributed by atoms with E-state index in [1.807, 2.05) is 12.1 Å². The largest absolute Gasteiger partial charge is 0.378 e. The number of carbonyl (C=O) groups is 2. The summed E-state index contributed by atoms with van der Waals surface area (Å²) in [5.74, 6) is -0.100. The molecule has 6 aromatic rings. The number of ether oxygens (including phenoxy) is 1. The second-order valence-electron chi connectivity index (χ2n) is 8.99. The maximum atomic E-state index is 12.5. The maximum Gasteiger partial charge on any atom is 0.277 e. The summed E-state index contributed by atoms with van der Waals surface area (Å²) in [6, 6.07) is 14.4. The molecule has 7 rings (SSSR count). The lowest BCUT2D eigenvalue weighted by Gasteiger charge is -2.29. The van der Waals surface area contributed by atoms with E-state index in [4.69, 9.17) is 16.3 Å². The van der Waals surface area contributed by atoms with Gasteiger partial charge in [0, 0.05) is 47.5 Å². The Labute approximate surface area is 262 Å². The van der Waals surface area contributed by atoms with Gasteiger partial charge in [-0.15, -0.1) is 43.1 Å². The Hall–Kier alpha value is -4.90. The van der Waals surface area contributed by atoms with Gasteiger partial charge in [0.15, 0.2) is 32.6 Å². The highest BCUT2D eigenvalue weighted by Gasteiger charge is 2.17. The summed E-state index contributed by atoms with van der Waals surface area (Å²) >= 11 is 8.23. The van der Waals surface area contributed by atoms with Crippen LogP contribution in [-0.4, -0.2) is 78.1 Å². The number of hydrogen-bond acceptors (Lipinski definition) is 13. The molecule has 1 aromatic carbocycles. The van der Waals surface area contributed by atoms with Crippen molar-refractivity contribution in [3.8, 4) is 11.4 Å². The van der Waals surface area contributed by atoms with Crippen molar-refractivity contribution >= 4 is 67.7 Å². The molecule has 14 nitrogen and oxygen atoms in total. The van der Waals surface area contributed by atoms with Gasteiger partial charge in [0.25, 0.3) is 11.8 Å². The number of anilines is 3. The van der Waals surface area contributed by atoms with Crippen LogP contribution in [0.2, 0.25) is 5.15 Å². The molecule has 0 unspecified atom stereocenters. The summed E-state index contributed by atoms with van der Waals surface area (Å²) in [6.07, 6.45) is 3.24. The van der Waals surface area contributed by atoms with Crippen molar-refractivity contribution in [2.75, 3.05) is 41.8 Å². The number of nitrogens with zero attached hydrogens (tertiary/aromatic N) is 9. The zero-order chi connectivity index (χ0) is 30.3. The molecule has 44 heavy (non-hydrogen) atoms. The smallest absolute Gasteiger partial charge is 0.277 e. The Bertz CT molecular complexity index is 1860. The van der Waals surface area contributed by atoms with Crippen molar-refractivity contribution < 1.29 is 14.3 Å². The minimum atomic E-state index is -0.353. The summed E-state index contributed by atoms with van der Waals surface area (Å²) in [6.45, 7) is 3.14. The van der Waals surface area contributed by atoms with E-state index >= 15 is 0 Å². The average molecular weight is 648 g/mol. The number of nitrogens with one attached hydrogen (secondary N) is 2. The lowest BCUT2D eigenvalue weighted by Crippen LogP contribution is -2.36. The van der Waals surface area contributed by atoms with E-state index in [2.05, 4.69) is 63.1 Å². The number of aromatic nitrogens is 8. The third-order valence-corrected chi connectivity index (χ3v) is 7.72. The first kappa shape index (κ1) is 29.2. The Morgan fingerprint density at radius 3 is 2.18 bits per heavy atom. The first-order valence-corrected chi connectivity index (χ1v) is 15.2. The first-order chi connectivity index (χ1) is 21.5. The van der Waals surface area contributed by atoms with E-state index in [1.165, 1.54) is 34.8 Å². The number of benzene rings is 1. The summed E-state index contributed by atoms with van der Waals surface area (Å²) in [4.78, 5) is 34.3. The van der Waals surface area contributed by atoms with E-state index in [-0.39, 0.29) is 28.4 Å². The number of carbonyl (C=O) groups excluding carboxylic acids is 2. The fourth-order valence-electron chi connectivity index (χ4n) is 4.08. The number of morpholine rings is 1. The van der Waals surface area contributed by atoms with Crippen molar-refractivity contribution in [3.63, 3.8) is 0 Å². The first-order valence-electron chi connectivity index (χ1n) is 13.1. The molecule has 222 valence electrons. The Balaban J connectivity index is 0.000000193. The Morgan fingerprint density at radius 2 is 1.52 bits per heavy atom. The number of rotatable bonds is 6. The van der Waals surface area contributed by atoms with Gasteiger partial charge in [-0.3, -0.25) is 20.2 Å². The molecular formula is C27H22ClN11O3S2. The fourth-order valence-corrected chi connectivity index (χ4v) is 5.23. The standard InChI is InChI=1S/C19H17N7O2S.C8H5ClN4OS/c27-18(21-19-20-6-11-29-19)15-4-5-16-22-23-17(26(16)24-15)13-2-1-3-14(12-13)25-7-9-28-10-8-25;9-6-2-1-5(12-13-6)7(14)11-8-10-3-4-15-8/h1-6,11-12H,7-10H2,(H,20,21,27);1-4H,(H,10,11,14). The monoisotopic (exact) mass is 647 g/mol. The summed E-state index contributed by atoms with van der Waals surface area (Å²) in [5.41, 5.74) is 3.02. The number of thiazole rings is 2. The zero-order valence-electron chi connectivity index (χ0n) is 22.7. The summed E-state index contributed by atoms with van der Waals surface area (Å²) < 4.78 is 7.03. The van der Waals surface area contributed by atoms with E-state index < -0.39 is 0 Å². The third kappa shape index (κ3) is 7.00. The van der Waals surface area contributed by atoms with Gasteiger partial charge in [0.05, 0.1) is 13.2 Å². The number of halogens is 1. The molecule has 6 heterocycles. The SMILES string of the molecule is O=C(Nc1nccs1)c1ccc(Cl)nn1.O=C(Nc1nccs1)c1ccc2nnc(-c3cccc(N4CCOCC4)c3)n2n1. The van der Waals surface area contributed by atoms with Gasteiger partial charge >= 0.3 is 0 Å². The molecule has 0 radical (unpaired) electrons. The molecule has 2 N–H and O–H groups in total. The van der Waals surface area contributed by atoms with Crippen molar-refractivity contribution in [1.29, 1.82) is 0 Å². The van der Waals surface area contributed by atoms with Gasteiger partial charge in [-0.2, -0.15) is 9.61 Å². The molecule has 0 atom stereocenters. The second-order valence-corrected chi connectivity index (χ2v) is 11.2. The number of amides is 2. The van der Waals surface area contributed by atoms with Gasteiger partial charge in [-0.05, 0) is 36.4 Å². The van der Waals surface area contributed by atoms with Crippen LogP contribution in [-0.2, 0) is 4.74 Å². The zero-order valence-corrected chi connectivity index (χ0v) is 25.1. The minimum absolute atomic E-state index is 0.203. The van der Waals surface area contributed by atoms with Crippen molar-refractivity contribution in [2.24, 2.45) is 0 Å². The molecule has 5 aromatic heterocycles. The molecule has 0 spiro atoms. The molecule has 1 fully saturated rings. The summed E-state index contributed by atoms with van der Waals surface area (Å²) in [7, 11) is 0. The van der Waals surface area contributed by atoms with Crippen LogP contribution >= 0.6 is 34.3 Å². The molecule has 17 heteroatoms. The highest BCUT2D eigenvalue weighted by molar-refractivity contribution is 7.14. The van der Waals surface area contributed by atoms with Gasteiger partial charge in [-0.1, -0.05) is 23.7 Å². The predicted molar refractivity (Wildman–Crippen MR) is 166 cm³/mol. The quantitative estimate of drug-likeness (QED) is 0.266. The van der Waals surface area contributed by atoms with E-state index in [0.29, 0.717) is 21.7 Å². The van der Waals surface area contributed by atoms with Gasteiger partial charge in [0.1, 0.15) is 5.69 Å². The lowest BCUT2D eigenvalue weighted by molar-refractivity contribution is 0.101. The van der Waals surface area contributed by atoms with E-state index in [9.17, 15) is 9.59 Å². The molecule has 2 amide bonds. The van der Waals surface area contributed by atoms with Gasteiger partial charge in [0.2, 0.25) is 0 Å². The highest BCUT2D eigenvalue weighted by Crippen LogP contribution is 2.24. The third-order valence-electron chi connectivity index (χ3n) is 6.15. The van der Waals surface area contributed by atoms with Gasteiger partial charge < -0.3 is 9.64 Å². The molecule has 1 aliphatic heterocycles. The molecular weight excluding hydrogens is 626 g/mol. The summed E-state index contributed by atoms with van der Waals surface area (Å²) in [5, 5.41) is 30.3. The van der Waals surface area contributed by atoms with E-state index in [0.717, 1.165) is 37.6 Å². The van der Waals surface area contributed by atoms with Crippen LogP contribution < -0.4 is 15.5 Å². The number of hydrogen-bond donors (Lipinski definition) is 2. The normalized spacial score (nSPS) is 12.8. The topological polar surface area (TPSA) is 165 Å². The van der Waals surface area contributed by atoms with Crippen LogP contribution in [0.15, 0.2) is 71.7 Å². The van der Waals surface area contributed by atoms with Crippen molar-refractivity contribution in [1.82, 2.24) is 40.0 Å². The highest BCUT2D eigenvalue weighted by atomic mass is 35.5.